The molecule has 114 valence electrons. The van der Waals surface area contributed by atoms with Gasteiger partial charge in [0.15, 0.2) is 0 Å². The molecule has 2 rings (SSSR count). The van der Waals surface area contributed by atoms with Crippen LogP contribution in [-0.2, 0) is 11.8 Å². The van der Waals surface area contributed by atoms with Crippen LogP contribution >= 0.6 is 0 Å². The Balaban J connectivity index is 2.13. The highest BCUT2D eigenvalue weighted by Crippen LogP contribution is 2.28. The first-order valence-corrected chi connectivity index (χ1v) is 7.36. The molecule has 0 aliphatic carbocycles. The standard InChI is InChI=1S/C17H24FN3/c1-12(2)21-10-9-15(20-21)11-16(19)17(3,4)13-5-7-14(18)8-6-13/h5-10,12,16H,11,19H2,1-4H3. The SMILES string of the molecule is CC(C)n1ccc(CC(N)C(C)(C)c2ccc(F)cc2)n1. The molecule has 4 heteroatoms. The summed E-state index contributed by atoms with van der Waals surface area (Å²) in [5, 5.41) is 4.55. The van der Waals surface area contributed by atoms with E-state index in [-0.39, 0.29) is 17.3 Å². The smallest absolute Gasteiger partial charge is 0.123 e. The zero-order valence-electron chi connectivity index (χ0n) is 13.2. The van der Waals surface area contributed by atoms with Crippen LogP contribution in [0.1, 0.15) is 45.0 Å². The van der Waals surface area contributed by atoms with E-state index in [1.54, 1.807) is 0 Å². The monoisotopic (exact) mass is 289 g/mol. The van der Waals surface area contributed by atoms with E-state index in [4.69, 9.17) is 5.73 Å². The summed E-state index contributed by atoms with van der Waals surface area (Å²) in [6, 6.07) is 8.86. The van der Waals surface area contributed by atoms with E-state index in [2.05, 4.69) is 32.8 Å². The van der Waals surface area contributed by atoms with Crippen molar-refractivity contribution in [1.82, 2.24) is 9.78 Å². The van der Waals surface area contributed by atoms with E-state index in [0.29, 0.717) is 12.5 Å². The molecule has 0 aliphatic rings. The van der Waals surface area contributed by atoms with Gasteiger partial charge in [-0.25, -0.2) is 4.39 Å². The number of benzene rings is 1. The minimum absolute atomic E-state index is 0.0847. The maximum Gasteiger partial charge on any atom is 0.123 e. The van der Waals surface area contributed by atoms with Crippen LogP contribution in [0.5, 0.6) is 0 Å². The van der Waals surface area contributed by atoms with E-state index in [1.165, 1.54) is 12.1 Å². The number of halogens is 1. The van der Waals surface area contributed by atoms with Crippen molar-refractivity contribution < 1.29 is 4.39 Å². The van der Waals surface area contributed by atoms with Crippen molar-refractivity contribution in [3.8, 4) is 0 Å². The summed E-state index contributed by atoms with van der Waals surface area (Å²) in [5.74, 6) is -0.223. The molecule has 1 aromatic carbocycles. The fraction of sp³-hybridized carbons (Fsp3) is 0.471. The molecule has 1 atom stereocenters. The molecule has 0 fully saturated rings. The van der Waals surface area contributed by atoms with Gasteiger partial charge in [-0.05, 0) is 37.6 Å². The van der Waals surface area contributed by atoms with Crippen molar-refractivity contribution in [3.63, 3.8) is 0 Å². The predicted molar refractivity (Wildman–Crippen MR) is 83.7 cm³/mol. The molecule has 0 amide bonds. The molecule has 0 saturated heterocycles. The summed E-state index contributed by atoms with van der Waals surface area (Å²) >= 11 is 0. The minimum Gasteiger partial charge on any atom is -0.327 e. The first-order valence-electron chi connectivity index (χ1n) is 7.36. The minimum atomic E-state index is -0.241. The Hall–Kier alpha value is -1.68. The van der Waals surface area contributed by atoms with Gasteiger partial charge in [-0.1, -0.05) is 26.0 Å². The topological polar surface area (TPSA) is 43.8 Å². The maximum absolute atomic E-state index is 13.1. The molecular formula is C17H24FN3. The Kier molecular flexibility index (Phi) is 4.47. The van der Waals surface area contributed by atoms with E-state index < -0.39 is 0 Å². The van der Waals surface area contributed by atoms with E-state index >= 15 is 0 Å². The number of hydrogen-bond donors (Lipinski definition) is 1. The van der Waals surface area contributed by atoms with Crippen LogP contribution in [0, 0.1) is 5.82 Å². The fourth-order valence-corrected chi connectivity index (χ4v) is 2.35. The molecule has 0 saturated carbocycles. The average molecular weight is 289 g/mol. The van der Waals surface area contributed by atoms with Crippen LogP contribution in [-0.4, -0.2) is 15.8 Å². The fourth-order valence-electron chi connectivity index (χ4n) is 2.35. The van der Waals surface area contributed by atoms with Crippen molar-refractivity contribution in [2.75, 3.05) is 0 Å². The number of hydrogen-bond acceptors (Lipinski definition) is 2. The van der Waals surface area contributed by atoms with E-state index in [0.717, 1.165) is 11.3 Å². The molecule has 1 unspecified atom stereocenters. The quantitative estimate of drug-likeness (QED) is 0.916. The zero-order chi connectivity index (χ0) is 15.6. The van der Waals surface area contributed by atoms with Gasteiger partial charge in [0, 0.05) is 30.1 Å². The highest BCUT2D eigenvalue weighted by Gasteiger charge is 2.29. The predicted octanol–water partition coefficient (Wildman–Crippen LogP) is 3.45. The van der Waals surface area contributed by atoms with Crippen LogP contribution in [0.25, 0.3) is 0 Å². The lowest BCUT2D eigenvalue weighted by Gasteiger charge is -2.32. The molecule has 1 aromatic heterocycles. The van der Waals surface area contributed by atoms with Gasteiger partial charge in [0.2, 0.25) is 0 Å². The molecule has 0 aliphatic heterocycles. The Morgan fingerprint density at radius 3 is 2.33 bits per heavy atom. The highest BCUT2D eigenvalue weighted by molar-refractivity contribution is 5.27. The summed E-state index contributed by atoms with van der Waals surface area (Å²) in [5.41, 5.74) is 8.19. The second kappa shape index (κ2) is 5.98. The third kappa shape index (κ3) is 3.50. The largest absolute Gasteiger partial charge is 0.327 e. The van der Waals surface area contributed by atoms with Crippen molar-refractivity contribution in [2.24, 2.45) is 5.73 Å². The van der Waals surface area contributed by atoms with Gasteiger partial charge < -0.3 is 5.73 Å². The third-order valence-electron chi connectivity index (χ3n) is 4.14. The molecule has 3 nitrogen and oxygen atoms in total. The molecule has 0 bridgehead atoms. The first kappa shape index (κ1) is 15.7. The maximum atomic E-state index is 13.1. The Morgan fingerprint density at radius 2 is 1.81 bits per heavy atom. The summed E-state index contributed by atoms with van der Waals surface area (Å²) in [7, 11) is 0. The van der Waals surface area contributed by atoms with Crippen molar-refractivity contribution in [2.45, 2.75) is 51.6 Å². The molecule has 2 N–H and O–H groups in total. The molecule has 21 heavy (non-hydrogen) atoms. The van der Waals surface area contributed by atoms with Crippen LogP contribution in [0.2, 0.25) is 0 Å². The van der Waals surface area contributed by atoms with Crippen LogP contribution < -0.4 is 5.73 Å². The van der Waals surface area contributed by atoms with Gasteiger partial charge in [-0.2, -0.15) is 5.10 Å². The van der Waals surface area contributed by atoms with E-state index in [1.807, 2.05) is 29.1 Å². The van der Waals surface area contributed by atoms with Gasteiger partial charge >= 0.3 is 0 Å². The van der Waals surface area contributed by atoms with Crippen molar-refractivity contribution >= 4 is 0 Å². The summed E-state index contributed by atoms with van der Waals surface area (Å²) < 4.78 is 15.0. The van der Waals surface area contributed by atoms with Crippen LogP contribution in [0.15, 0.2) is 36.5 Å². The van der Waals surface area contributed by atoms with Gasteiger partial charge in [-0.3, -0.25) is 4.68 Å². The van der Waals surface area contributed by atoms with E-state index in [9.17, 15) is 4.39 Å². The number of rotatable bonds is 5. The van der Waals surface area contributed by atoms with Crippen LogP contribution in [0.4, 0.5) is 4.39 Å². The molecule has 1 heterocycles. The lowest BCUT2D eigenvalue weighted by Crippen LogP contribution is -2.42. The third-order valence-corrected chi connectivity index (χ3v) is 4.14. The summed E-state index contributed by atoms with van der Waals surface area (Å²) in [6.45, 7) is 8.37. The Bertz CT molecular complexity index is 584. The number of aromatic nitrogens is 2. The van der Waals surface area contributed by atoms with Crippen molar-refractivity contribution in [1.29, 1.82) is 0 Å². The van der Waals surface area contributed by atoms with Gasteiger partial charge in [0.05, 0.1) is 5.69 Å². The second-order valence-electron chi connectivity index (χ2n) is 6.42. The lowest BCUT2D eigenvalue weighted by atomic mass is 9.76. The number of nitrogens with zero attached hydrogens (tertiary/aromatic N) is 2. The molecule has 0 spiro atoms. The van der Waals surface area contributed by atoms with Gasteiger partial charge in [-0.15, -0.1) is 0 Å². The normalized spacial score (nSPS) is 13.7. The second-order valence-corrected chi connectivity index (χ2v) is 6.42. The van der Waals surface area contributed by atoms with Crippen LogP contribution in [0.3, 0.4) is 0 Å². The van der Waals surface area contributed by atoms with Gasteiger partial charge in [0.25, 0.3) is 0 Å². The first-order chi connectivity index (χ1) is 9.80. The van der Waals surface area contributed by atoms with Gasteiger partial charge in [0.1, 0.15) is 5.82 Å². The van der Waals surface area contributed by atoms with Crippen molar-refractivity contribution in [3.05, 3.63) is 53.6 Å². The average Bonchev–Trinajstić information content (AvgIpc) is 2.88. The lowest BCUT2D eigenvalue weighted by molar-refractivity contribution is 0.400. The Morgan fingerprint density at radius 1 is 1.19 bits per heavy atom. The highest BCUT2D eigenvalue weighted by atomic mass is 19.1. The summed E-state index contributed by atoms with van der Waals surface area (Å²) in [6.07, 6.45) is 2.68. The number of nitrogens with two attached hydrogens (primary N) is 1. The Labute approximate surface area is 126 Å². The molecular weight excluding hydrogens is 265 g/mol. The molecule has 0 radical (unpaired) electrons. The zero-order valence-corrected chi connectivity index (χ0v) is 13.2. The molecule has 2 aromatic rings. The summed E-state index contributed by atoms with van der Waals surface area (Å²) in [4.78, 5) is 0.